The van der Waals surface area contributed by atoms with Crippen molar-refractivity contribution in [3.05, 3.63) is 23.3 Å². The highest BCUT2D eigenvalue weighted by Gasteiger charge is 2.21. The van der Waals surface area contributed by atoms with Crippen LogP contribution in [0.3, 0.4) is 0 Å². The van der Waals surface area contributed by atoms with Gasteiger partial charge in [0.2, 0.25) is 0 Å². The van der Waals surface area contributed by atoms with E-state index in [9.17, 15) is 0 Å². The van der Waals surface area contributed by atoms with Crippen LogP contribution in [0.15, 0.2) is 12.1 Å². The molecule has 0 spiro atoms. The third kappa shape index (κ3) is 4.59. The molecule has 21 heavy (non-hydrogen) atoms. The molecule has 1 unspecified atom stereocenters. The van der Waals surface area contributed by atoms with Gasteiger partial charge in [0.05, 0.1) is 20.3 Å². The summed E-state index contributed by atoms with van der Waals surface area (Å²) in [4.78, 5) is 0. The Labute approximate surface area is 126 Å². The van der Waals surface area contributed by atoms with Crippen LogP contribution >= 0.6 is 0 Å². The molecule has 0 amide bonds. The van der Waals surface area contributed by atoms with Gasteiger partial charge in [0, 0.05) is 30.7 Å². The van der Waals surface area contributed by atoms with Crippen molar-refractivity contribution >= 4 is 0 Å². The Morgan fingerprint density at radius 1 is 1.38 bits per heavy atom. The van der Waals surface area contributed by atoms with Crippen LogP contribution in [0.4, 0.5) is 0 Å². The zero-order valence-corrected chi connectivity index (χ0v) is 12.9. The van der Waals surface area contributed by atoms with Crippen molar-refractivity contribution in [2.45, 2.75) is 32.4 Å². The van der Waals surface area contributed by atoms with Gasteiger partial charge in [-0.2, -0.15) is 0 Å². The first-order valence-electron chi connectivity index (χ1n) is 7.50. The largest absolute Gasteiger partial charge is 0.496 e. The SMILES string of the molecule is COc1cc2c(cc1CNCCCOCCO)OC(C)C2. The topological polar surface area (TPSA) is 60.0 Å². The first kappa shape index (κ1) is 16.1. The number of fused-ring (bicyclic) bond motifs is 1. The fraction of sp³-hybridized carbons (Fsp3) is 0.625. The normalized spacial score (nSPS) is 16.6. The summed E-state index contributed by atoms with van der Waals surface area (Å²) < 4.78 is 16.5. The third-order valence-corrected chi connectivity index (χ3v) is 3.49. The number of nitrogens with one attached hydrogen (secondary N) is 1. The smallest absolute Gasteiger partial charge is 0.123 e. The predicted molar refractivity (Wildman–Crippen MR) is 81.0 cm³/mol. The Kier molecular flexibility index (Phi) is 6.29. The summed E-state index contributed by atoms with van der Waals surface area (Å²) in [5, 5.41) is 12.0. The van der Waals surface area contributed by atoms with E-state index in [0.29, 0.717) is 13.2 Å². The average molecular weight is 295 g/mol. The second-order valence-electron chi connectivity index (χ2n) is 5.27. The Morgan fingerprint density at radius 2 is 2.24 bits per heavy atom. The minimum Gasteiger partial charge on any atom is -0.496 e. The second-order valence-corrected chi connectivity index (χ2v) is 5.27. The molecule has 0 radical (unpaired) electrons. The third-order valence-electron chi connectivity index (χ3n) is 3.49. The van der Waals surface area contributed by atoms with Crippen LogP contribution in [-0.2, 0) is 17.7 Å². The molecule has 5 heteroatoms. The number of rotatable bonds is 9. The van der Waals surface area contributed by atoms with E-state index in [-0.39, 0.29) is 12.7 Å². The summed E-state index contributed by atoms with van der Waals surface area (Å²) in [5.41, 5.74) is 2.34. The monoisotopic (exact) mass is 295 g/mol. The molecule has 1 aliphatic heterocycles. The maximum absolute atomic E-state index is 8.60. The van der Waals surface area contributed by atoms with E-state index < -0.39 is 0 Å². The molecule has 1 aromatic rings. The summed E-state index contributed by atoms with van der Waals surface area (Å²) in [6.07, 6.45) is 2.11. The molecule has 0 bridgehead atoms. The lowest BCUT2D eigenvalue weighted by Gasteiger charge is -2.12. The lowest BCUT2D eigenvalue weighted by Crippen LogP contribution is -2.17. The van der Waals surface area contributed by atoms with E-state index in [4.69, 9.17) is 19.3 Å². The van der Waals surface area contributed by atoms with Crippen molar-refractivity contribution in [2.75, 3.05) is 33.5 Å². The van der Waals surface area contributed by atoms with Crippen LogP contribution < -0.4 is 14.8 Å². The van der Waals surface area contributed by atoms with E-state index >= 15 is 0 Å². The summed E-state index contributed by atoms with van der Waals surface area (Å²) in [5.74, 6) is 1.89. The number of ether oxygens (including phenoxy) is 3. The molecule has 1 aliphatic rings. The predicted octanol–water partition coefficient (Wildman–Crippen LogP) is 1.51. The lowest BCUT2D eigenvalue weighted by atomic mass is 10.1. The molecule has 118 valence electrons. The van der Waals surface area contributed by atoms with Gasteiger partial charge in [0.15, 0.2) is 0 Å². The number of hydrogen-bond acceptors (Lipinski definition) is 5. The van der Waals surface area contributed by atoms with Gasteiger partial charge in [-0.1, -0.05) is 0 Å². The first-order chi connectivity index (χ1) is 10.2. The highest BCUT2D eigenvalue weighted by atomic mass is 16.5. The summed E-state index contributed by atoms with van der Waals surface area (Å²) >= 11 is 0. The van der Waals surface area contributed by atoms with Crippen molar-refractivity contribution in [1.82, 2.24) is 5.32 Å². The fourth-order valence-corrected chi connectivity index (χ4v) is 2.50. The molecule has 5 nitrogen and oxygen atoms in total. The quantitative estimate of drug-likeness (QED) is 0.676. The average Bonchev–Trinajstić information content (AvgIpc) is 2.84. The van der Waals surface area contributed by atoms with Crippen molar-refractivity contribution < 1.29 is 19.3 Å². The van der Waals surface area contributed by atoms with Crippen LogP contribution in [0.25, 0.3) is 0 Å². The second kappa shape index (κ2) is 8.22. The molecule has 2 N–H and O–H groups in total. The van der Waals surface area contributed by atoms with Crippen molar-refractivity contribution in [3.8, 4) is 11.5 Å². The number of aliphatic hydroxyl groups excluding tert-OH is 1. The van der Waals surface area contributed by atoms with Crippen LogP contribution in [0.5, 0.6) is 11.5 Å². The van der Waals surface area contributed by atoms with Crippen LogP contribution in [-0.4, -0.2) is 44.7 Å². The molecule has 0 aliphatic carbocycles. The number of hydrogen-bond donors (Lipinski definition) is 2. The summed E-state index contributed by atoms with van der Waals surface area (Å²) in [6, 6.07) is 4.16. The van der Waals surface area contributed by atoms with Gasteiger partial charge in [0.1, 0.15) is 17.6 Å². The summed E-state index contributed by atoms with van der Waals surface area (Å²) in [6.45, 7) is 4.84. The van der Waals surface area contributed by atoms with Crippen molar-refractivity contribution in [1.29, 1.82) is 0 Å². The lowest BCUT2D eigenvalue weighted by molar-refractivity contribution is 0.0907. The summed E-state index contributed by atoms with van der Waals surface area (Å²) in [7, 11) is 1.70. The molecule has 0 saturated heterocycles. The zero-order valence-electron chi connectivity index (χ0n) is 12.9. The molecule has 0 fully saturated rings. The van der Waals surface area contributed by atoms with E-state index in [1.54, 1.807) is 7.11 Å². The Balaban J connectivity index is 1.81. The van der Waals surface area contributed by atoms with Gasteiger partial charge in [-0.25, -0.2) is 0 Å². The van der Waals surface area contributed by atoms with Crippen molar-refractivity contribution in [3.63, 3.8) is 0 Å². The Hall–Kier alpha value is -1.30. The van der Waals surface area contributed by atoms with Crippen LogP contribution in [0.2, 0.25) is 0 Å². The molecule has 1 aromatic carbocycles. The van der Waals surface area contributed by atoms with Gasteiger partial charge in [-0.05, 0) is 32.0 Å². The van der Waals surface area contributed by atoms with Crippen LogP contribution in [0.1, 0.15) is 24.5 Å². The Bertz CT molecular complexity index is 450. The van der Waals surface area contributed by atoms with Crippen molar-refractivity contribution in [2.24, 2.45) is 0 Å². The van der Waals surface area contributed by atoms with E-state index in [0.717, 1.165) is 43.0 Å². The molecule has 1 atom stereocenters. The fourth-order valence-electron chi connectivity index (χ4n) is 2.50. The molecular weight excluding hydrogens is 270 g/mol. The van der Waals surface area contributed by atoms with Gasteiger partial charge >= 0.3 is 0 Å². The number of methoxy groups -OCH3 is 1. The van der Waals surface area contributed by atoms with E-state index in [1.807, 2.05) is 0 Å². The van der Waals surface area contributed by atoms with Gasteiger partial charge in [-0.3, -0.25) is 0 Å². The van der Waals surface area contributed by atoms with Crippen LogP contribution in [0, 0.1) is 0 Å². The molecular formula is C16H25NO4. The maximum Gasteiger partial charge on any atom is 0.123 e. The van der Waals surface area contributed by atoms with Gasteiger partial charge in [-0.15, -0.1) is 0 Å². The highest BCUT2D eigenvalue weighted by molar-refractivity contribution is 5.48. The number of benzene rings is 1. The molecule has 2 rings (SSSR count). The standard InChI is InChI=1S/C16H25NO4/c1-12-8-13-9-15(19-2)14(10-16(13)21-12)11-17-4-3-6-20-7-5-18/h9-10,12,17-18H,3-8,11H2,1-2H3. The minimum atomic E-state index is 0.0815. The molecule has 1 heterocycles. The minimum absolute atomic E-state index is 0.0815. The van der Waals surface area contributed by atoms with Gasteiger partial charge in [0.25, 0.3) is 0 Å². The van der Waals surface area contributed by atoms with E-state index in [2.05, 4.69) is 24.4 Å². The molecule has 0 aromatic heterocycles. The maximum atomic E-state index is 8.60. The van der Waals surface area contributed by atoms with Gasteiger partial charge < -0.3 is 24.6 Å². The first-order valence-corrected chi connectivity index (χ1v) is 7.50. The van der Waals surface area contributed by atoms with E-state index in [1.165, 1.54) is 5.56 Å². The highest BCUT2D eigenvalue weighted by Crippen LogP contribution is 2.34. The Morgan fingerprint density at radius 3 is 3.00 bits per heavy atom. The molecule has 0 saturated carbocycles. The number of aliphatic hydroxyl groups is 1. The zero-order chi connectivity index (χ0) is 15.1.